The quantitative estimate of drug-likeness (QED) is 0.741. The minimum Gasteiger partial charge on any atom is -0.349 e. The molecule has 1 aromatic heterocycles. The summed E-state index contributed by atoms with van der Waals surface area (Å²) in [5.41, 5.74) is 5.35. The zero-order valence-corrected chi connectivity index (χ0v) is 10.6. The molecule has 0 fully saturated rings. The lowest BCUT2D eigenvalue weighted by Crippen LogP contribution is -2.25. The van der Waals surface area contributed by atoms with Crippen LogP contribution in [0.4, 0.5) is 0 Å². The number of carbonyl (C=O) groups is 1. The lowest BCUT2D eigenvalue weighted by molar-refractivity contribution is -0.121. The number of amides is 1. The molecular formula is C12H22N4O. The maximum Gasteiger partial charge on any atom is 0.220 e. The summed E-state index contributed by atoms with van der Waals surface area (Å²) in [6.07, 6.45) is 4.93. The maximum atomic E-state index is 11.4. The normalized spacial score (nSPS) is 10.8. The molecule has 0 radical (unpaired) electrons. The van der Waals surface area contributed by atoms with Crippen molar-refractivity contribution in [2.45, 2.75) is 39.8 Å². The molecule has 1 rings (SSSR count). The Kier molecular flexibility index (Phi) is 5.69. The molecule has 0 aliphatic carbocycles. The lowest BCUT2D eigenvalue weighted by Gasteiger charge is -2.10. The minimum atomic E-state index is 0.0366. The molecule has 0 bridgehead atoms. The van der Waals surface area contributed by atoms with E-state index in [-0.39, 0.29) is 5.91 Å². The van der Waals surface area contributed by atoms with Gasteiger partial charge in [-0.05, 0) is 18.9 Å². The van der Waals surface area contributed by atoms with Gasteiger partial charge in [-0.1, -0.05) is 13.8 Å². The topological polar surface area (TPSA) is 72.9 Å². The van der Waals surface area contributed by atoms with Crippen molar-refractivity contribution in [2.75, 3.05) is 6.54 Å². The molecule has 0 saturated heterocycles. The van der Waals surface area contributed by atoms with E-state index in [0.717, 1.165) is 18.8 Å². The number of nitrogens with one attached hydrogen (secondary N) is 1. The van der Waals surface area contributed by atoms with E-state index in [4.69, 9.17) is 5.73 Å². The second-order valence-electron chi connectivity index (χ2n) is 4.56. The summed E-state index contributed by atoms with van der Waals surface area (Å²) in [4.78, 5) is 15.7. The third-order valence-electron chi connectivity index (χ3n) is 2.42. The fourth-order valence-electron chi connectivity index (χ4n) is 1.60. The zero-order valence-electron chi connectivity index (χ0n) is 10.6. The van der Waals surface area contributed by atoms with Crippen LogP contribution in [-0.4, -0.2) is 22.0 Å². The molecule has 3 N–H and O–H groups in total. The third-order valence-corrected chi connectivity index (χ3v) is 2.42. The average molecular weight is 238 g/mol. The summed E-state index contributed by atoms with van der Waals surface area (Å²) in [5.74, 6) is 1.50. The monoisotopic (exact) mass is 238 g/mol. The van der Waals surface area contributed by atoms with Gasteiger partial charge in [0.15, 0.2) is 0 Å². The molecule has 17 heavy (non-hydrogen) atoms. The van der Waals surface area contributed by atoms with Crippen LogP contribution >= 0.6 is 0 Å². The molecule has 0 aromatic carbocycles. The molecule has 1 aromatic rings. The highest BCUT2D eigenvalue weighted by Crippen LogP contribution is 2.03. The first kappa shape index (κ1) is 13.7. The van der Waals surface area contributed by atoms with Gasteiger partial charge in [0, 0.05) is 25.4 Å². The van der Waals surface area contributed by atoms with Crippen LogP contribution in [0.1, 0.15) is 32.5 Å². The fourth-order valence-corrected chi connectivity index (χ4v) is 1.60. The third kappa shape index (κ3) is 4.99. The van der Waals surface area contributed by atoms with Crippen molar-refractivity contribution in [2.24, 2.45) is 11.7 Å². The summed E-state index contributed by atoms with van der Waals surface area (Å²) in [6.45, 7) is 6.28. The first-order valence-corrected chi connectivity index (χ1v) is 6.10. The van der Waals surface area contributed by atoms with Gasteiger partial charge in [-0.25, -0.2) is 4.98 Å². The van der Waals surface area contributed by atoms with E-state index in [2.05, 4.69) is 28.7 Å². The van der Waals surface area contributed by atoms with Gasteiger partial charge in [0.05, 0.1) is 6.54 Å². The Morgan fingerprint density at radius 2 is 2.35 bits per heavy atom. The number of nitrogens with two attached hydrogens (primary N) is 1. The number of carbonyl (C=O) groups excluding carboxylic acids is 1. The van der Waals surface area contributed by atoms with Crippen LogP contribution in [0.3, 0.4) is 0 Å². The first-order valence-electron chi connectivity index (χ1n) is 6.10. The van der Waals surface area contributed by atoms with Crippen LogP contribution < -0.4 is 11.1 Å². The molecule has 0 atom stereocenters. The Labute approximate surface area is 102 Å². The molecule has 5 heteroatoms. The van der Waals surface area contributed by atoms with Crippen molar-refractivity contribution in [3.05, 3.63) is 18.2 Å². The highest BCUT2D eigenvalue weighted by Gasteiger charge is 2.06. The SMILES string of the molecule is CC(C)Cn1ccnc1CNC(=O)CCCN. The molecule has 1 heterocycles. The van der Waals surface area contributed by atoms with E-state index in [1.54, 1.807) is 6.20 Å². The summed E-state index contributed by atoms with van der Waals surface area (Å²) in [7, 11) is 0. The molecule has 0 aliphatic rings. The van der Waals surface area contributed by atoms with E-state index >= 15 is 0 Å². The molecule has 0 saturated carbocycles. The predicted octanol–water partition coefficient (Wildman–Crippen LogP) is 0.894. The lowest BCUT2D eigenvalue weighted by atomic mass is 10.2. The Balaban J connectivity index is 2.40. The van der Waals surface area contributed by atoms with Gasteiger partial charge in [0.25, 0.3) is 0 Å². The standard InChI is InChI=1S/C12H22N4O/c1-10(2)9-16-7-6-14-11(16)8-15-12(17)4-3-5-13/h6-7,10H,3-5,8-9,13H2,1-2H3,(H,15,17). The van der Waals surface area contributed by atoms with Crippen molar-refractivity contribution >= 4 is 5.91 Å². The number of hydrogen-bond acceptors (Lipinski definition) is 3. The average Bonchev–Trinajstić information content (AvgIpc) is 2.70. The van der Waals surface area contributed by atoms with Crippen LogP contribution in [0.5, 0.6) is 0 Å². The van der Waals surface area contributed by atoms with Gasteiger partial charge in [-0.15, -0.1) is 0 Å². The molecular weight excluding hydrogens is 216 g/mol. The van der Waals surface area contributed by atoms with E-state index in [9.17, 15) is 4.79 Å². The molecule has 5 nitrogen and oxygen atoms in total. The summed E-state index contributed by atoms with van der Waals surface area (Å²) < 4.78 is 2.08. The van der Waals surface area contributed by atoms with Crippen LogP contribution in [-0.2, 0) is 17.9 Å². The van der Waals surface area contributed by atoms with Crippen molar-refractivity contribution < 1.29 is 4.79 Å². The highest BCUT2D eigenvalue weighted by atomic mass is 16.1. The smallest absolute Gasteiger partial charge is 0.220 e. The van der Waals surface area contributed by atoms with Crippen LogP contribution in [0.2, 0.25) is 0 Å². The molecule has 0 spiro atoms. The van der Waals surface area contributed by atoms with Gasteiger partial charge in [-0.3, -0.25) is 4.79 Å². The van der Waals surface area contributed by atoms with Gasteiger partial charge in [0.1, 0.15) is 5.82 Å². The Hall–Kier alpha value is -1.36. The Morgan fingerprint density at radius 3 is 3.00 bits per heavy atom. The van der Waals surface area contributed by atoms with Crippen LogP contribution in [0.15, 0.2) is 12.4 Å². The van der Waals surface area contributed by atoms with Gasteiger partial charge in [0.2, 0.25) is 5.91 Å². The Bertz CT molecular complexity index is 346. The van der Waals surface area contributed by atoms with Crippen LogP contribution in [0, 0.1) is 5.92 Å². The van der Waals surface area contributed by atoms with Crippen molar-refractivity contribution in [3.63, 3.8) is 0 Å². The highest BCUT2D eigenvalue weighted by molar-refractivity contribution is 5.75. The number of aromatic nitrogens is 2. The number of nitrogens with zero attached hydrogens (tertiary/aromatic N) is 2. The largest absolute Gasteiger partial charge is 0.349 e. The summed E-state index contributed by atoms with van der Waals surface area (Å²) in [6, 6.07) is 0. The van der Waals surface area contributed by atoms with Crippen molar-refractivity contribution in [1.29, 1.82) is 0 Å². The summed E-state index contributed by atoms with van der Waals surface area (Å²) in [5, 5.41) is 2.86. The van der Waals surface area contributed by atoms with Crippen molar-refractivity contribution in [3.8, 4) is 0 Å². The maximum absolute atomic E-state index is 11.4. The molecule has 0 unspecified atom stereocenters. The molecule has 96 valence electrons. The summed E-state index contributed by atoms with van der Waals surface area (Å²) >= 11 is 0. The van der Waals surface area contributed by atoms with E-state index < -0.39 is 0 Å². The van der Waals surface area contributed by atoms with Gasteiger partial charge >= 0.3 is 0 Å². The minimum absolute atomic E-state index is 0.0366. The zero-order chi connectivity index (χ0) is 12.7. The van der Waals surface area contributed by atoms with Gasteiger partial charge < -0.3 is 15.6 Å². The fraction of sp³-hybridized carbons (Fsp3) is 0.667. The number of imidazole rings is 1. The first-order chi connectivity index (χ1) is 8.13. The predicted molar refractivity (Wildman–Crippen MR) is 67.2 cm³/mol. The second-order valence-corrected chi connectivity index (χ2v) is 4.56. The van der Waals surface area contributed by atoms with Crippen molar-refractivity contribution in [1.82, 2.24) is 14.9 Å². The number of rotatable bonds is 7. The van der Waals surface area contributed by atoms with E-state index in [1.165, 1.54) is 0 Å². The molecule has 1 amide bonds. The van der Waals surface area contributed by atoms with E-state index in [0.29, 0.717) is 25.4 Å². The second kappa shape index (κ2) is 7.06. The van der Waals surface area contributed by atoms with Gasteiger partial charge in [-0.2, -0.15) is 0 Å². The molecule has 0 aliphatic heterocycles. The van der Waals surface area contributed by atoms with E-state index in [1.807, 2.05) is 6.20 Å². The van der Waals surface area contributed by atoms with Crippen LogP contribution in [0.25, 0.3) is 0 Å². The number of hydrogen-bond donors (Lipinski definition) is 2. The Morgan fingerprint density at radius 1 is 1.59 bits per heavy atom.